The summed E-state index contributed by atoms with van der Waals surface area (Å²) >= 11 is 0. The first-order chi connectivity index (χ1) is 14.2. The van der Waals surface area contributed by atoms with Crippen molar-refractivity contribution in [2.24, 2.45) is 4.99 Å². The second-order valence-electron chi connectivity index (χ2n) is 6.22. The lowest BCUT2D eigenvalue weighted by atomic mass is 10.2. The molecule has 0 bridgehead atoms. The van der Waals surface area contributed by atoms with E-state index in [0.29, 0.717) is 25.6 Å². The van der Waals surface area contributed by atoms with Gasteiger partial charge in [-0.1, -0.05) is 18.2 Å². The Balaban J connectivity index is 1.51. The van der Waals surface area contributed by atoms with Crippen molar-refractivity contribution in [3.8, 4) is 5.75 Å². The van der Waals surface area contributed by atoms with Crippen molar-refractivity contribution in [3.63, 3.8) is 0 Å². The summed E-state index contributed by atoms with van der Waals surface area (Å²) in [6.07, 6.45) is 1.90. The van der Waals surface area contributed by atoms with E-state index >= 15 is 0 Å². The van der Waals surface area contributed by atoms with Crippen molar-refractivity contribution in [2.75, 3.05) is 20.2 Å². The topological polar surface area (TPSA) is 105 Å². The van der Waals surface area contributed by atoms with Crippen LogP contribution in [0.2, 0.25) is 0 Å². The Morgan fingerprint density at radius 2 is 1.93 bits per heavy atom. The second kappa shape index (κ2) is 10.1. The Kier molecular flexibility index (Phi) is 6.99. The molecule has 1 amide bonds. The molecule has 9 heteroatoms. The molecule has 3 rings (SSSR count). The molecule has 9 nitrogen and oxygen atoms in total. The summed E-state index contributed by atoms with van der Waals surface area (Å²) in [6, 6.07) is 13.3. The van der Waals surface area contributed by atoms with E-state index in [1.165, 1.54) is 0 Å². The number of nitrogens with zero attached hydrogens (tertiary/aromatic N) is 4. The van der Waals surface area contributed by atoms with Gasteiger partial charge in [0.15, 0.2) is 17.4 Å². The highest BCUT2D eigenvalue weighted by Crippen LogP contribution is 2.10. The molecule has 0 spiro atoms. The number of aromatic nitrogens is 3. The molecule has 0 aliphatic carbocycles. The number of pyridine rings is 1. The predicted molar refractivity (Wildman–Crippen MR) is 111 cm³/mol. The third-order valence-electron chi connectivity index (χ3n) is 4.17. The zero-order valence-corrected chi connectivity index (χ0v) is 16.6. The highest BCUT2D eigenvalue weighted by atomic mass is 16.5. The number of nitrogens with one attached hydrogen (secondary N) is 3. The van der Waals surface area contributed by atoms with Gasteiger partial charge in [-0.2, -0.15) is 0 Å². The molecular formula is C20H25N7O2. The number of hydrogen-bond acceptors (Lipinski definition) is 5. The highest BCUT2D eigenvalue weighted by molar-refractivity contribution is 5.86. The van der Waals surface area contributed by atoms with Crippen LogP contribution in [-0.2, 0) is 17.9 Å². The Labute approximate surface area is 169 Å². The maximum absolute atomic E-state index is 12.1. The van der Waals surface area contributed by atoms with Crippen LogP contribution in [0.1, 0.15) is 18.3 Å². The number of hydrogen-bond donors (Lipinski definition) is 3. The first kappa shape index (κ1) is 20.1. The van der Waals surface area contributed by atoms with E-state index in [1.54, 1.807) is 7.11 Å². The number of benzene rings is 1. The summed E-state index contributed by atoms with van der Waals surface area (Å²) in [6.45, 7) is 3.55. The zero-order valence-electron chi connectivity index (χ0n) is 16.6. The summed E-state index contributed by atoms with van der Waals surface area (Å²) in [5, 5.41) is 17.3. The van der Waals surface area contributed by atoms with Crippen LogP contribution >= 0.6 is 0 Å². The van der Waals surface area contributed by atoms with E-state index in [-0.39, 0.29) is 12.5 Å². The summed E-state index contributed by atoms with van der Waals surface area (Å²) in [5.74, 6) is 1.93. The van der Waals surface area contributed by atoms with Crippen LogP contribution in [0.5, 0.6) is 5.75 Å². The number of aliphatic imine (C=N–C) groups is 1. The molecule has 0 aliphatic rings. The molecule has 3 N–H and O–H groups in total. The highest BCUT2D eigenvalue weighted by Gasteiger charge is 2.06. The fraction of sp³-hybridized carbons (Fsp3) is 0.300. The largest absolute Gasteiger partial charge is 0.497 e. The van der Waals surface area contributed by atoms with E-state index in [1.807, 2.05) is 60.0 Å². The molecule has 152 valence electrons. The Morgan fingerprint density at radius 3 is 2.69 bits per heavy atom. The molecule has 29 heavy (non-hydrogen) atoms. The van der Waals surface area contributed by atoms with E-state index in [4.69, 9.17) is 4.74 Å². The first-order valence-corrected chi connectivity index (χ1v) is 9.40. The number of methoxy groups -OCH3 is 1. The fourth-order valence-corrected chi connectivity index (χ4v) is 2.66. The third kappa shape index (κ3) is 5.68. The van der Waals surface area contributed by atoms with Gasteiger partial charge < -0.3 is 20.7 Å². The lowest BCUT2D eigenvalue weighted by Crippen LogP contribution is -2.43. The molecule has 2 aromatic heterocycles. The smallest absolute Gasteiger partial charge is 0.239 e. The third-order valence-corrected chi connectivity index (χ3v) is 4.17. The van der Waals surface area contributed by atoms with Gasteiger partial charge in [-0.15, -0.1) is 10.2 Å². The molecule has 0 aliphatic heterocycles. The first-order valence-electron chi connectivity index (χ1n) is 9.40. The van der Waals surface area contributed by atoms with Crippen molar-refractivity contribution in [3.05, 3.63) is 60.0 Å². The molecule has 0 unspecified atom stereocenters. The van der Waals surface area contributed by atoms with Crippen LogP contribution < -0.4 is 20.7 Å². The van der Waals surface area contributed by atoms with Gasteiger partial charge in [0.2, 0.25) is 5.91 Å². The van der Waals surface area contributed by atoms with Crippen LogP contribution in [0, 0.1) is 0 Å². The minimum Gasteiger partial charge on any atom is -0.497 e. The fourth-order valence-electron chi connectivity index (χ4n) is 2.66. The van der Waals surface area contributed by atoms with Crippen molar-refractivity contribution in [1.82, 2.24) is 30.5 Å². The molecule has 0 radical (unpaired) electrons. The quantitative estimate of drug-likeness (QED) is 0.390. The minimum absolute atomic E-state index is 0.114. The van der Waals surface area contributed by atoms with Crippen molar-refractivity contribution < 1.29 is 9.53 Å². The molecule has 0 atom stereocenters. The van der Waals surface area contributed by atoms with Crippen LogP contribution in [0.25, 0.3) is 5.65 Å². The minimum atomic E-state index is -0.126. The maximum Gasteiger partial charge on any atom is 0.239 e. The molecule has 2 heterocycles. The number of amides is 1. The number of fused-ring (bicyclic) bond motifs is 1. The van der Waals surface area contributed by atoms with E-state index in [0.717, 1.165) is 22.8 Å². The number of ether oxygens (including phenoxy) is 1. The number of carbonyl (C=O) groups is 1. The van der Waals surface area contributed by atoms with Crippen molar-refractivity contribution >= 4 is 17.5 Å². The van der Waals surface area contributed by atoms with Gasteiger partial charge in [0.05, 0.1) is 13.7 Å². The summed E-state index contributed by atoms with van der Waals surface area (Å²) in [4.78, 5) is 16.6. The molecule has 0 saturated heterocycles. The van der Waals surface area contributed by atoms with Gasteiger partial charge in [-0.05, 0) is 36.8 Å². The summed E-state index contributed by atoms with van der Waals surface area (Å²) in [7, 11) is 1.62. The van der Waals surface area contributed by atoms with E-state index in [2.05, 4.69) is 31.1 Å². The normalized spacial score (nSPS) is 11.3. The lowest BCUT2D eigenvalue weighted by molar-refractivity contribution is -0.120. The van der Waals surface area contributed by atoms with Crippen molar-refractivity contribution in [1.29, 1.82) is 0 Å². The predicted octanol–water partition coefficient (Wildman–Crippen LogP) is 1.11. The Hall–Kier alpha value is -3.62. The van der Waals surface area contributed by atoms with Gasteiger partial charge in [0.25, 0.3) is 0 Å². The number of carbonyl (C=O) groups excluding carboxylic acids is 1. The maximum atomic E-state index is 12.1. The summed E-state index contributed by atoms with van der Waals surface area (Å²) < 4.78 is 7.01. The average molecular weight is 395 g/mol. The van der Waals surface area contributed by atoms with Gasteiger partial charge >= 0.3 is 0 Å². The molecule has 3 aromatic rings. The van der Waals surface area contributed by atoms with Crippen LogP contribution in [-0.4, -0.2) is 46.7 Å². The standard InChI is InChI=1S/C20H25N7O2/c1-3-21-20(23-13-18-26-25-17-6-4-5-11-27(17)18)24-14-19(28)22-12-15-7-9-16(29-2)10-8-15/h4-11H,3,12-14H2,1-2H3,(H,22,28)(H2,21,23,24). The Morgan fingerprint density at radius 1 is 1.10 bits per heavy atom. The number of rotatable bonds is 8. The molecule has 0 saturated carbocycles. The molecule has 1 aromatic carbocycles. The van der Waals surface area contributed by atoms with Gasteiger partial charge in [-0.3, -0.25) is 9.20 Å². The second-order valence-corrected chi connectivity index (χ2v) is 6.22. The van der Waals surface area contributed by atoms with Crippen LogP contribution in [0.4, 0.5) is 0 Å². The van der Waals surface area contributed by atoms with Crippen molar-refractivity contribution in [2.45, 2.75) is 20.0 Å². The zero-order chi connectivity index (χ0) is 20.5. The average Bonchev–Trinajstić information content (AvgIpc) is 3.17. The van der Waals surface area contributed by atoms with E-state index in [9.17, 15) is 4.79 Å². The summed E-state index contributed by atoms with van der Waals surface area (Å²) in [5.41, 5.74) is 1.77. The molecular weight excluding hydrogens is 370 g/mol. The molecule has 0 fully saturated rings. The van der Waals surface area contributed by atoms with Gasteiger partial charge in [-0.25, -0.2) is 4.99 Å². The van der Waals surface area contributed by atoms with Gasteiger partial charge in [0.1, 0.15) is 12.3 Å². The lowest BCUT2D eigenvalue weighted by Gasteiger charge is -2.11. The van der Waals surface area contributed by atoms with Gasteiger partial charge in [0, 0.05) is 19.3 Å². The number of guanidine groups is 1. The monoisotopic (exact) mass is 395 g/mol. The Bertz CT molecular complexity index is 966. The van der Waals surface area contributed by atoms with E-state index < -0.39 is 0 Å². The SMILES string of the molecule is CCNC(=NCc1nnc2ccccn12)NCC(=O)NCc1ccc(OC)cc1. The van der Waals surface area contributed by atoms with Crippen LogP contribution in [0.3, 0.4) is 0 Å². The van der Waals surface area contributed by atoms with Crippen LogP contribution in [0.15, 0.2) is 53.7 Å².